The fourth-order valence-corrected chi connectivity index (χ4v) is 2.00. The SMILES string of the molecule is CC(c1cccc(Cl)c1)N(C)C(CN)C(F)(F)F. The molecule has 2 N–H and O–H groups in total. The third-order valence-corrected chi connectivity index (χ3v) is 3.27. The molecule has 1 rings (SSSR count). The summed E-state index contributed by atoms with van der Waals surface area (Å²) in [6.45, 7) is 1.23. The van der Waals surface area contributed by atoms with E-state index in [1.165, 1.54) is 11.9 Å². The van der Waals surface area contributed by atoms with Gasteiger partial charge in [0, 0.05) is 17.6 Å². The van der Waals surface area contributed by atoms with E-state index in [-0.39, 0.29) is 0 Å². The molecule has 0 amide bonds. The van der Waals surface area contributed by atoms with Gasteiger partial charge in [0.1, 0.15) is 6.04 Å². The van der Waals surface area contributed by atoms with Crippen molar-refractivity contribution in [2.24, 2.45) is 5.73 Å². The maximum absolute atomic E-state index is 12.8. The summed E-state index contributed by atoms with van der Waals surface area (Å²) in [5, 5.41) is 0.504. The van der Waals surface area contributed by atoms with Crippen LogP contribution in [0, 0.1) is 0 Å². The standard InChI is InChI=1S/C12H16ClF3N2/c1-8(9-4-3-5-10(13)6-9)18(2)11(7-17)12(14,15)16/h3-6,8,11H,7,17H2,1-2H3. The van der Waals surface area contributed by atoms with E-state index in [0.717, 1.165) is 5.56 Å². The van der Waals surface area contributed by atoms with Crippen LogP contribution in [0.4, 0.5) is 13.2 Å². The molecule has 0 aliphatic carbocycles. The quantitative estimate of drug-likeness (QED) is 0.917. The van der Waals surface area contributed by atoms with Gasteiger partial charge in [0.15, 0.2) is 0 Å². The molecular weight excluding hydrogens is 265 g/mol. The summed E-state index contributed by atoms with van der Waals surface area (Å²) in [6.07, 6.45) is -4.34. The maximum atomic E-state index is 12.8. The summed E-state index contributed by atoms with van der Waals surface area (Å²) in [4.78, 5) is 1.21. The van der Waals surface area contributed by atoms with Crippen LogP contribution in [-0.2, 0) is 0 Å². The van der Waals surface area contributed by atoms with E-state index in [0.29, 0.717) is 5.02 Å². The van der Waals surface area contributed by atoms with Gasteiger partial charge in [-0.2, -0.15) is 13.2 Å². The predicted octanol–water partition coefficient (Wildman–Crippen LogP) is 3.22. The van der Waals surface area contributed by atoms with Gasteiger partial charge in [-0.25, -0.2) is 0 Å². The van der Waals surface area contributed by atoms with Gasteiger partial charge in [-0.15, -0.1) is 0 Å². The lowest BCUT2D eigenvalue weighted by atomic mass is 10.1. The Balaban J connectivity index is 2.92. The zero-order valence-corrected chi connectivity index (χ0v) is 11.0. The van der Waals surface area contributed by atoms with Gasteiger partial charge in [-0.05, 0) is 31.7 Å². The smallest absolute Gasteiger partial charge is 0.329 e. The average molecular weight is 281 g/mol. The number of alkyl halides is 3. The molecule has 0 aliphatic rings. The van der Waals surface area contributed by atoms with Gasteiger partial charge in [0.25, 0.3) is 0 Å². The van der Waals surface area contributed by atoms with Crippen LogP contribution in [0.5, 0.6) is 0 Å². The summed E-state index contributed by atoms with van der Waals surface area (Å²) in [6, 6.07) is 4.73. The van der Waals surface area contributed by atoms with Gasteiger partial charge >= 0.3 is 6.18 Å². The summed E-state index contributed by atoms with van der Waals surface area (Å²) >= 11 is 5.83. The molecule has 0 aliphatic heterocycles. The van der Waals surface area contributed by atoms with Crippen molar-refractivity contribution in [3.8, 4) is 0 Å². The average Bonchev–Trinajstić information content (AvgIpc) is 2.26. The second-order valence-electron chi connectivity index (χ2n) is 4.19. The molecule has 0 heterocycles. The molecule has 6 heteroatoms. The molecule has 0 radical (unpaired) electrons. The van der Waals surface area contributed by atoms with E-state index in [1.807, 2.05) is 0 Å². The molecule has 2 nitrogen and oxygen atoms in total. The van der Waals surface area contributed by atoms with Crippen molar-refractivity contribution in [1.82, 2.24) is 4.90 Å². The highest BCUT2D eigenvalue weighted by Crippen LogP contribution is 2.30. The highest BCUT2D eigenvalue weighted by atomic mass is 35.5. The minimum Gasteiger partial charge on any atom is -0.329 e. The first-order chi connectivity index (χ1) is 8.27. The number of likely N-dealkylation sites (N-methyl/N-ethyl adjacent to an activating group) is 1. The Morgan fingerprint density at radius 3 is 2.44 bits per heavy atom. The Morgan fingerprint density at radius 1 is 1.39 bits per heavy atom. The van der Waals surface area contributed by atoms with E-state index in [9.17, 15) is 13.2 Å². The third-order valence-electron chi connectivity index (χ3n) is 3.03. The Hall–Kier alpha value is -0.780. The molecule has 0 fully saturated rings. The van der Waals surface area contributed by atoms with E-state index >= 15 is 0 Å². The molecule has 18 heavy (non-hydrogen) atoms. The molecule has 0 saturated carbocycles. The molecule has 1 aromatic carbocycles. The van der Waals surface area contributed by atoms with Gasteiger partial charge in [-0.3, -0.25) is 4.90 Å². The third kappa shape index (κ3) is 3.60. The van der Waals surface area contributed by atoms with E-state index < -0.39 is 24.8 Å². The topological polar surface area (TPSA) is 29.3 Å². The molecule has 1 aromatic rings. The number of benzene rings is 1. The predicted molar refractivity (Wildman–Crippen MR) is 66.5 cm³/mol. The van der Waals surface area contributed by atoms with Crippen molar-refractivity contribution in [3.05, 3.63) is 34.9 Å². The summed E-state index contributed by atoms with van der Waals surface area (Å²) in [7, 11) is 1.41. The van der Waals surface area contributed by atoms with Crippen LogP contribution in [0.3, 0.4) is 0 Å². The second kappa shape index (κ2) is 5.91. The van der Waals surface area contributed by atoms with Crippen molar-refractivity contribution >= 4 is 11.6 Å². The molecule has 2 atom stereocenters. The first kappa shape index (κ1) is 15.3. The highest BCUT2D eigenvalue weighted by molar-refractivity contribution is 6.30. The Morgan fingerprint density at radius 2 is 2.00 bits per heavy atom. The first-order valence-corrected chi connectivity index (χ1v) is 5.89. The molecule has 0 saturated heterocycles. The Kier molecular flexibility index (Phi) is 5.01. The lowest BCUT2D eigenvalue weighted by molar-refractivity contribution is -0.182. The molecule has 0 spiro atoms. The Bertz CT molecular complexity index is 395. The molecule has 0 aromatic heterocycles. The minimum absolute atomic E-state index is 0.418. The Labute approximate surface area is 110 Å². The van der Waals surface area contributed by atoms with E-state index in [2.05, 4.69) is 0 Å². The van der Waals surface area contributed by atoms with Crippen molar-refractivity contribution in [2.45, 2.75) is 25.2 Å². The number of nitrogens with zero attached hydrogens (tertiary/aromatic N) is 1. The van der Waals surface area contributed by atoms with Crippen LogP contribution in [0.2, 0.25) is 5.02 Å². The van der Waals surface area contributed by atoms with Crippen LogP contribution in [-0.4, -0.2) is 30.7 Å². The highest BCUT2D eigenvalue weighted by Gasteiger charge is 2.42. The zero-order valence-electron chi connectivity index (χ0n) is 10.2. The van der Waals surface area contributed by atoms with Crippen LogP contribution >= 0.6 is 11.6 Å². The van der Waals surface area contributed by atoms with Crippen LogP contribution in [0.15, 0.2) is 24.3 Å². The fourth-order valence-electron chi connectivity index (χ4n) is 1.80. The second-order valence-corrected chi connectivity index (χ2v) is 4.63. The van der Waals surface area contributed by atoms with Gasteiger partial charge in [-0.1, -0.05) is 23.7 Å². The number of nitrogens with two attached hydrogens (primary N) is 1. The summed E-state index contributed by atoms with van der Waals surface area (Å²) in [5.41, 5.74) is 5.95. The monoisotopic (exact) mass is 280 g/mol. The molecular formula is C12H16ClF3N2. The zero-order chi connectivity index (χ0) is 13.9. The normalized spacial score (nSPS) is 15.8. The van der Waals surface area contributed by atoms with Crippen LogP contribution < -0.4 is 5.73 Å². The number of hydrogen-bond donors (Lipinski definition) is 1. The summed E-state index contributed by atoms with van der Waals surface area (Å²) in [5.74, 6) is 0. The minimum atomic E-state index is -4.34. The van der Waals surface area contributed by atoms with Gasteiger partial charge < -0.3 is 5.73 Å². The largest absolute Gasteiger partial charge is 0.405 e. The van der Waals surface area contributed by atoms with Crippen molar-refractivity contribution < 1.29 is 13.2 Å². The molecule has 102 valence electrons. The molecule has 2 unspecified atom stereocenters. The fraction of sp³-hybridized carbons (Fsp3) is 0.500. The van der Waals surface area contributed by atoms with Crippen molar-refractivity contribution in [1.29, 1.82) is 0 Å². The first-order valence-electron chi connectivity index (χ1n) is 5.51. The summed E-state index contributed by atoms with van der Waals surface area (Å²) < 4.78 is 38.3. The van der Waals surface area contributed by atoms with Crippen LogP contribution in [0.25, 0.3) is 0 Å². The van der Waals surface area contributed by atoms with Gasteiger partial charge in [0.2, 0.25) is 0 Å². The van der Waals surface area contributed by atoms with Crippen molar-refractivity contribution in [2.75, 3.05) is 13.6 Å². The number of halogens is 4. The van der Waals surface area contributed by atoms with E-state index in [4.69, 9.17) is 17.3 Å². The van der Waals surface area contributed by atoms with Crippen LogP contribution in [0.1, 0.15) is 18.5 Å². The van der Waals surface area contributed by atoms with Crippen molar-refractivity contribution in [3.63, 3.8) is 0 Å². The number of rotatable bonds is 4. The lowest BCUT2D eigenvalue weighted by Gasteiger charge is -2.33. The number of hydrogen-bond acceptors (Lipinski definition) is 2. The van der Waals surface area contributed by atoms with Gasteiger partial charge in [0.05, 0.1) is 0 Å². The maximum Gasteiger partial charge on any atom is 0.405 e. The lowest BCUT2D eigenvalue weighted by Crippen LogP contribution is -2.49. The molecule has 0 bridgehead atoms. The van der Waals surface area contributed by atoms with E-state index in [1.54, 1.807) is 31.2 Å².